The van der Waals surface area contributed by atoms with Crippen molar-refractivity contribution in [3.8, 4) is 5.69 Å². The molecule has 4 rings (SSSR count). The third-order valence-electron chi connectivity index (χ3n) is 3.56. The first-order valence-corrected chi connectivity index (χ1v) is 6.95. The maximum Gasteiger partial charge on any atom is 0.151 e. The molecule has 0 amide bonds. The van der Waals surface area contributed by atoms with Crippen LogP contribution >= 0.6 is 0 Å². The standard InChI is InChI=1S/C15H12FN7/c16-12-3-1-2-4-13(12)22-8-10(20-21-22)7-11-5-6-14-15(17)18-9-19-23(11)14/h1-6,8-9H,7H2,(H2,17,18,19). The highest BCUT2D eigenvalue weighted by atomic mass is 19.1. The van der Waals surface area contributed by atoms with E-state index in [0.29, 0.717) is 23.6 Å². The summed E-state index contributed by atoms with van der Waals surface area (Å²) < 4.78 is 16.9. The molecule has 0 unspecified atom stereocenters. The molecule has 0 bridgehead atoms. The van der Waals surface area contributed by atoms with Crippen molar-refractivity contribution in [3.63, 3.8) is 0 Å². The highest BCUT2D eigenvalue weighted by molar-refractivity contribution is 5.65. The van der Waals surface area contributed by atoms with Crippen LogP contribution in [0.15, 0.2) is 48.9 Å². The lowest BCUT2D eigenvalue weighted by Crippen LogP contribution is -2.02. The van der Waals surface area contributed by atoms with E-state index < -0.39 is 0 Å². The highest BCUT2D eigenvalue weighted by Gasteiger charge is 2.11. The molecular weight excluding hydrogens is 297 g/mol. The van der Waals surface area contributed by atoms with Crippen LogP contribution in [0.5, 0.6) is 0 Å². The smallest absolute Gasteiger partial charge is 0.151 e. The number of nitrogens with zero attached hydrogens (tertiary/aromatic N) is 6. The first-order chi connectivity index (χ1) is 11.2. The molecule has 3 aromatic heterocycles. The predicted molar refractivity (Wildman–Crippen MR) is 81.5 cm³/mol. The van der Waals surface area contributed by atoms with Gasteiger partial charge in [-0.15, -0.1) is 5.10 Å². The molecule has 3 heterocycles. The lowest BCUT2D eigenvalue weighted by atomic mass is 10.2. The Bertz CT molecular complexity index is 988. The molecule has 2 N–H and O–H groups in total. The van der Waals surface area contributed by atoms with Gasteiger partial charge in [0.15, 0.2) is 5.82 Å². The largest absolute Gasteiger partial charge is 0.382 e. The van der Waals surface area contributed by atoms with Crippen LogP contribution in [-0.2, 0) is 6.42 Å². The van der Waals surface area contributed by atoms with E-state index in [4.69, 9.17) is 5.73 Å². The average molecular weight is 309 g/mol. The molecule has 0 saturated heterocycles. The number of rotatable bonds is 3. The Kier molecular flexibility index (Phi) is 3.00. The monoisotopic (exact) mass is 309 g/mol. The Morgan fingerprint density at radius 2 is 2.00 bits per heavy atom. The summed E-state index contributed by atoms with van der Waals surface area (Å²) in [7, 11) is 0. The highest BCUT2D eigenvalue weighted by Crippen LogP contribution is 2.16. The number of benzene rings is 1. The van der Waals surface area contributed by atoms with Gasteiger partial charge in [-0.25, -0.2) is 18.6 Å². The first kappa shape index (κ1) is 13.4. The molecule has 0 aliphatic carbocycles. The first-order valence-electron chi connectivity index (χ1n) is 6.95. The van der Waals surface area contributed by atoms with Crippen molar-refractivity contribution >= 4 is 11.3 Å². The van der Waals surface area contributed by atoms with Crippen molar-refractivity contribution in [2.45, 2.75) is 6.42 Å². The lowest BCUT2D eigenvalue weighted by molar-refractivity contribution is 0.607. The molecule has 4 aromatic rings. The summed E-state index contributed by atoms with van der Waals surface area (Å²) in [5, 5.41) is 12.3. The molecule has 0 aliphatic heterocycles. The molecular formula is C15H12FN7. The van der Waals surface area contributed by atoms with Crippen LogP contribution < -0.4 is 5.73 Å². The number of fused-ring (bicyclic) bond motifs is 1. The number of para-hydroxylation sites is 1. The number of halogens is 1. The quantitative estimate of drug-likeness (QED) is 0.621. The van der Waals surface area contributed by atoms with E-state index in [1.165, 1.54) is 17.1 Å². The Labute approximate surface area is 130 Å². The average Bonchev–Trinajstić information content (AvgIpc) is 3.17. The van der Waals surface area contributed by atoms with Crippen molar-refractivity contribution in [1.82, 2.24) is 29.6 Å². The molecule has 0 saturated carbocycles. The summed E-state index contributed by atoms with van der Waals surface area (Å²) in [6.07, 6.45) is 3.60. The molecule has 0 spiro atoms. The summed E-state index contributed by atoms with van der Waals surface area (Å²) in [5.41, 5.74) is 8.51. The minimum Gasteiger partial charge on any atom is -0.382 e. The number of nitrogen functional groups attached to an aromatic ring is 1. The fraction of sp³-hybridized carbons (Fsp3) is 0.0667. The Morgan fingerprint density at radius 1 is 1.13 bits per heavy atom. The van der Waals surface area contributed by atoms with Crippen LogP contribution in [0.25, 0.3) is 11.2 Å². The topological polar surface area (TPSA) is 86.9 Å². The van der Waals surface area contributed by atoms with Crippen LogP contribution in [0.3, 0.4) is 0 Å². The van der Waals surface area contributed by atoms with Gasteiger partial charge in [-0.2, -0.15) is 5.10 Å². The van der Waals surface area contributed by atoms with Crippen molar-refractivity contribution in [1.29, 1.82) is 0 Å². The maximum atomic E-state index is 13.8. The second-order valence-corrected chi connectivity index (χ2v) is 5.05. The van der Waals surface area contributed by atoms with Crippen LogP contribution in [0.1, 0.15) is 11.4 Å². The number of hydrogen-bond donors (Lipinski definition) is 1. The third kappa shape index (κ3) is 2.30. The van der Waals surface area contributed by atoms with E-state index in [2.05, 4.69) is 20.4 Å². The second kappa shape index (κ2) is 5.16. The summed E-state index contributed by atoms with van der Waals surface area (Å²) >= 11 is 0. The van der Waals surface area contributed by atoms with Gasteiger partial charge in [-0.05, 0) is 24.3 Å². The van der Waals surface area contributed by atoms with Crippen molar-refractivity contribution < 1.29 is 4.39 Å². The molecule has 7 nitrogen and oxygen atoms in total. The summed E-state index contributed by atoms with van der Waals surface area (Å²) in [5.74, 6) is 0.0684. The Balaban J connectivity index is 1.67. The van der Waals surface area contributed by atoms with E-state index in [0.717, 1.165) is 11.2 Å². The van der Waals surface area contributed by atoms with E-state index in [1.54, 1.807) is 28.9 Å². The van der Waals surface area contributed by atoms with Gasteiger partial charge in [-0.1, -0.05) is 17.3 Å². The number of nitrogens with two attached hydrogens (primary N) is 1. The summed E-state index contributed by atoms with van der Waals surface area (Å²) in [6.45, 7) is 0. The normalized spacial score (nSPS) is 11.2. The SMILES string of the molecule is Nc1ncnn2c(Cc3cn(-c4ccccc4F)nn3)ccc12. The van der Waals surface area contributed by atoms with Gasteiger partial charge in [0, 0.05) is 12.1 Å². The van der Waals surface area contributed by atoms with Gasteiger partial charge < -0.3 is 5.73 Å². The van der Waals surface area contributed by atoms with Crippen molar-refractivity contribution in [2.24, 2.45) is 0 Å². The van der Waals surface area contributed by atoms with E-state index in [1.807, 2.05) is 12.1 Å². The van der Waals surface area contributed by atoms with Crippen LogP contribution in [0, 0.1) is 5.82 Å². The zero-order valence-electron chi connectivity index (χ0n) is 12.0. The van der Waals surface area contributed by atoms with Crippen LogP contribution in [0.4, 0.5) is 10.2 Å². The number of anilines is 1. The molecule has 0 atom stereocenters. The molecule has 0 aliphatic rings. The molecule has 8 heteroatoms. The predicted octanol–water partition coefficient (Wildman–Crippen LogP) is 1.62. The third-order valence-corrected chi connectivity index (χ3v) is 3.56. The van der Waals surface area contributed by atoms with E-state index in [-0.39, 0.29) is 5.82 Å². The Hall–Kier alpha value is -3.29. The van der Waals surface area contributed by atoms with Crippen molar-refractivity contribution in [3.05, 3.63) is 66.1 Å². The molecule has 0 fully saturated rings. The van der Waals surface area contributed by atoms with E-state index >= 15 is 0 Å². The maximum absolute atomic E-state index is 13.8. The van der Waals surface area contributed by atoms with Gasteiger partial charge in [0.05, 0.1) is 11.9 Å². The van der Waals surface area contributed by atoms with Crippen molar-refractivity contribution in [2.75, 3.05) is 5.73 Å². The van der Waals surface area contributed by atoms with Gasteiger partial charge in [0.1, 0.15) is 23.3 Å². The van der Waals surface area contributed by atoms with Gasteiger partial charge in [0.2, 0.25) is 0 Å². The van der Waals surface area contributed by atoms with Crippen LogP contribution in [0.2, 0.25) is 0 Å². The molecule has 23 heavy (non-hydrogen) atoms. The number of aromatic nitrogens is 6. The van der Waals surface area contributed by atoms with E-state index in [9.17, 15) is 4.39 Å². The van der Waals surface area contributed by atoms with Gasteiger partial charge in [0.25, 0.3) is 0 Å². The Morgan fingerprint density at radius 3 is 2.87 bits per heavy atom. The zero-order valence-corrected chi connectivity index (χ0v) is 12.0. The molecule has 114 valence electrons. The molecule has 0 radical (unpaired) electrons. The summed E-state index contributed by atoms with van der Waals surface area (Å²) in [4.78, 5) is 3.95. The fourth-order valence-electron chi connectivity index (χ4n) is 2.46. The van der Waals surface area contributed by atoms with Gasteiger partial charge >= 0.3 is 0 Å². The lowest BCUT2D eigenvalue weighted by Gasteiger charge is -2.01. The molecule has 1 aromatic carbocycles. The minimum absolute atomic E-state index is 0.349. The zero-order chi connectivity index (χ0) is 15.8. The fourth-order valence-corrected chi connectivity index (χ4v) is 2.46. The van der Waals surface area contributed by atoms with Gasteiger partial charge in [-0.3, -0.25) is 0 Å². The summed E-state index contributed by atoms with van der Waals surface area (Å²) in [6, 6.07) is 10.2. The minimum atomic E-state index is -0.349. The second-order valence-electron chi connectivity index (χ2n) is 5.05. The van der Waals surface area contributed by atoms with Crippen LogP contribution in [-0.4, -0.2) is 29.6 Å². The number of hydrogen-bond acceptors (Lipinski definition) is 5.